The number of methoxy groups -OCH3 is 1. The van der Waals surface area contributed by atoms with Gasteiger partial charge in [0, 0.05) is 39.4 Å². The molecule has 0 saturated heterocycles. The fourth-order valence-corrected chi connectivity index (χ4v) is 2.78. The highest BCUT2D eigenvalue weighted by molar-refractivity contribution is 14.0. The van der Waals surface area contributed by atoms with Crippen LogP contribution >= 0.6 is 24.0 Å². The molecular formula is C19H29F3IN3O2. The summed E-state index contributed by atoms with van der Waals surface area (Å²) < 4.78 is 47.5. The van der Waals surface area contributed by atoms with Gasteiger partial charge in [-0.3, -0.25) is 4.99 Å². The van der Waals surface area contributed by atoms with E-state index >= 15 is 0 Å². The molecule has 0 amide bonds. The first-order valence-corrected chi connectivity index (χ1v) is 8.99. The summed E-state index contributed by atoms with van der Waals surface area (Å²) in [6.07, 6.45) is -1.05. The molecule has 0 bridgehead atoms. The van der Waals surface area contributed by atoms with E-state index in [0.29, 0.717) is 18.1 Å². The van der Waals surface area contributed by atoms with Gasteiger partial charge in [-0.15, -0.1) is 24.0 Å². The summed E-state index contributed by atoms with van der Waals surface area (Å²) in [6.45, 7) is 2.35. The SMILES string of the molecule is CN=C(NCc1ccc(C)cc1OCC(F)(F)F)NCC1(CCOC)CC1.I. The lowest BCUT2D eigenvalue weighted by molar-refractivity contribution is -0.153. The van der Waals surface area contributed by atoms with Crippen LogP contribution in [0.4, 0.5) is 13.2 Å². The lowest BCUT2D eigenvalue weighted by atomic mass is 10.0. The van der Waals surface area contributed by atoms with Crippen molar-refractivity contribution in [2.75, 3.05) is 33.9 Å². The second-order valence-electron chi connectivity index (χ2n) is 7.04. The zero-order valence-electron chi connectivity index (χ0n) is 16.5. The maximum Gasteiger partial charge on any atom is 0.422 e. The first-order chi connectivity index (χ1) is 12.8. The molecule has 28 heavy (non-hydrogen) atoms. The van der Waals surface area contributed by atoms with Gasteiger partial charge < -0.3 is 20.1 Å². The van der Waals surface area contributed by atoms with Crippen LogP contribution in [-0.4, -0.2) is 46.1 Å². The molecule has 1 aromatic carbocycles. The van der Waals surface area contributed by atoms with Gasteiger partial charge in [0.15, 0.2) is 12.6 Å². The number of benzene rings is 1. The van der Waals surface area contributed by atoms with Gasteiger partial charge in [0.2, 0.25) is 0 Å². The summed E-state index contributed by atoms with van der Waals surface area (Å²) in [5.41, 5.74) is 1.75. The van der Waals surface area contributed by atoms with E-state index in [4.69, 9.17) is 9.47 Å². The molecule has 0 unspecified atom stereocenters. The summed E-state index contributed by atoms with van der Waals surface area (Å²) in [5, 5.41) is 6.45. The molecule has 1 aliphatic rings. The minimum atomic E-state index is -4.37. The Kier molecular flexibility index (Phi) is 9.82. The minimum Gasteiger partial charge on any atom is -0.484 e. The molecule has 9 heteroatoms. The molecule has 0 atom stereocenters. The molecule has 1 saturated carbocycles. The van der Waals surface area contributed by atoms with Crippen LogP contribution in [0, 0.1) is 12.3 Å². The van der Waals surface area contributed by atoms with E-state index in [2.05, 4.69) is 15.6 Å². The van der Waals surface area contributed by atoms with Crippen LogP contribution < -0.4 is 15.4 Å². The summed E-state index contributed by atoms with van der Waals surface area (Å²) >= 11 is 0. The number of nitrogens with zero attached hydrogens (tertiary/aromatic N) is 1. The Bertz CT molecular complexity index is 650. The largest absolute Gasteiger partial charge is 0.484 e. The van der Waals surface area contributed by atoms with E-state index in [0.717, 1.165) is 38.0 Å². The molecule has 1 aromatic rings. The maximum absolute atomic E-state index is 12.5. The van der Waals surface area contributed by atoms with Crippen molar-refractivity contribution in [2.45, 2.75) is 38.9 Å². The Labute approximate surface area is 181 Å². The van der Waals surface area contributed by atoms with Gasteiger partial charge in [-0.2, -0.15) is 13.2 Å². The van der Waals surface area contributed by atoms with Gasteiger partial charge in [0.05, 0.1) is 0 Å². The molecule has 2 N–H and O–H groups in total. The van der Waals surface area contributed by atoms with Gasteiger partial charge in [-0.1, -0.05) is 12.1 Å². The van der Waals surface area contributed by atoms with Crippen LogP contribution in [0.2, 0.25) is 0 Å². The molecule has 0 aromatic heterocycles. The van der Waals surface area contributed by atoms with Crippen molar-refractivity contribution in [1.82, 2.24) is 10.6 Å². The minimum absolute atomic E-state index is 0. The van der Waals surface area contributed by atoms with Crippen LogP contribution in [0.15, 0.2) is 23.2 Å². The van der Waals surface area contributed by atoms with Crippen LogP contribution in [0.1, 0.15) is 30.4 Å². The maximum atomic E-state index is 12.5. The number of rotatable bonds is 9. The van der Waals surface area contributed by atoms with Crippen LogP contribution in [0.5, 0.6) is 5.75 Å². The lowest BCUT2D eigenvalue weighted by Crippen LogP contribution is -2.40. The van der Waals surface area contributed by atoms with Crippen molar-refractivity contribution in [3.05, 3.63) is 29.3 Å². The van der Waals surface area contributed by atoms with Crippen molar-refractivity contribution in [2.24, 2.45) is 10.4 Å². The standard InChI is InChI=1S/C19H28F3N3O2.HI/c1-14-4-5-15(16(10-14)27-13-19(20,21)22)11-24-17(23-2)25-12-18(6-7-18)8-9-26-3;/h4-5,10H,6-9,11-13H2,1-3H3,(H2,23,24,25);1H. The second-order valence-corrected chi connectivity index (χ2v) is 7.04. The third-order valence-electron chi connectivity index (χ3n) is 4.71. The monoisotopic (exact) mass is 515 g/mol. The van der Waals surface area contributed by atoms with Crippen LogP contribution in [0.25, 0.3) is 0 Å². The molecule has 1 fully saturated rings. The zero-order valence-corrected chi connectivity index (χ0v) is 18.8. The molecule has 0 spiro atoms. The summed E-state index contributed by atoms with van der Waals surface area (Å²) in [5.74, 6) is 0.843. The molecule has 160 valence electrons. The second kappa shape index (κ2) is 11.1. The van der Waals surface area contributed by atoms with Crippen LogP contribution in [0.3, 0.4) is 0 Å². The van der Waals surface area contributed by atoms with Crippen molar-refractivity contribution in [3.63, 3.8) is 0 Å². The number of hydrogen-bond acceptors (Lipinski definition) is 3. The summed E-state index contributed by atoms with van der Waals surface area (Å²) in [4.78, 5) is 4.19. The van der Waals surface area contributed by atoms with Gasteiger partial charge in [0.25, 0.3) is 0 Å². The van der Waals surface area contributed by atoms with Crippen molar-refractivity contribution < 1.29 is 22.6 Å². The number of aliphatic imine (C=N–C) groups is 1. The highest BCUT2D eigenvalue weighted by atomic mass is 127. The van der Waals surface area contributed by atoms with Gasteiger partial charge in [0.1, 0.15) is 5.75 Å². The van der Waals surface area contributed by atoms with Crippen LogP contribution in [-0.2, 0) is 11.3 Å². The predicted molar refractivity (Wildman–Crippen MR) is 115 cm³/mol. The molecule has 0 radical (unpaired) electrons. The highest BCUT2D eigenvalue weighted by Gasteiger charge is 2.41. The Hall–Kier alpha value is -1.23. The number of guanidine groups is 1. The molecule has 0 heterocycles. The average molecular weight is 515 g/mol. The van der Waals surface area contributed by atoms with E-state index in [1.165, 1.54) is 0 Å². The highest BCUT2D eigenvalue weighted by Crippen LogP contribution is 2.48. The van der Waals surface area contributed by atoms with Gasteiger partial charge >= 0.3 is 6.18 Å². The number of halogens is 4. The van der Waals surface area contributed by atoms with Crippen molar-refractivity contribution in [1.29, 1.82) is 0 Å². The number of ether oxygens (including phenoxy) is 2. The van der Waals surface area contributed by atoms with Crippen molar-refractivity contribution >= 4 is 29.9 Å². The van der Waals surface area contributed by atoms with E-state index in [1.807, 2.05) is 13.0 Å². The lowest BCUT2D eigenvalue weighted by Gasteiger charge is -2.19. The van der Waals surface area contributed by atoms with Gasteiger partial charge in [-0.25, -0.2) is 0 Å². The molecule has 0 aliphatic heterocycles. The molecule has 5 nitrogen and oxygen atoms in total. The Morgan fingerprint density at radius 2 is 1.96 bits per heavy atom. The molecule has 2 rings (SSSR count). The Morgan fingerprint density at radius 1 is 1.25 bits per heavy atom. The first kappa shape index (κ1) is 24.8. The molecular weight excluding hydrogens is 486 g/mol. The number of alkyl halides is 3. The van der Waals surface area contributed by atoms with E-state index < -0.39 is 12.8 Å². The van der Waals surface area contributed by atoms with E-state index in [-0.39, 0.29) is 35.1 Å². The number of aryl methyl sites for hydroxylation is 1. The fourth-order valence-electron chi connectivity index (χ4n) is 2.78. The van der Waals surface area contributed by atoms with E-state index in [9.17, 15) is 13.2 Å². The molecule has 1 aliphatic carbocycles. The van der Waals surface area contributed by atoms with Crippen molar-refractivity contribution in [3.8, 4) is 5.75 Å². The van der Waals surface area contributed by atoms with E-state index in [1.54, 1.807) is 26.3 Å². The Balaban J connectivity index is 0.00000392. The number of hydrogen-bond donors (Lipinski definition) is 2. The zero-order chi connectivity index (χ0) is 19.9. The van der Waals surface area contributed by atoms with Gasteiger partial charge in [-0.05, 0) is 43.2 Å². The first-order valence-electron chi connectivity index (χ1n) is 8.99. The average Bonchev–Trinajstić information content (AvgIpc) is 3.39. The predicted octanol–water partition coefficient (Wildman–Crippen LogP) is 4.04. The summed E-state index contributed by atoms with van der Waals surface area (Å²) in [6, 6.07) is 5.22. The number of nitrogens with one attached hydrogen (secondary N) is 2. The topological polar surface area (TPSA) is 54.9 Å². The smallest absolute Gasteiger partial charge is 0.422 e. The third kappa shape index (κ3) is 8.42. The third-order valence-corrected chi connectivity index (χ3v) is 4.71. The summed E-state index contributed by atoms with van der Waals surface area (Å²) in [7, 11) is 3.37. The normalized spacial score (nSPS) is 15.6. The quantitative estimate of drug-likeness (QED) is 0.296. The Morgan fingerprint density at radius 3 is 2.54 bits per heavy atom. The fraction of sp³-hybridized carbons (Fsp3) is 0.632.